The number of anilines is 1. The van der Waals surface area contributed by atoms with Crippen LogP contribution in [0.1, 0.15) is 12.0 Å². The number of carbonyl (C=O) groups is 1. The highest BCUT2D eigenvalue weighted by Gasteiger charge is 2.16. The molecule has 2 rings (SSSR count). The van der Waals surface area contributed by atoms with Gasteiger partial charge in [0.25, 0.3) is 0 Å². The molecule has 1 heterocycles. The van der Waals surface area contributed by atoms with Crippen LogP contribution in [0.3, 0.4) is 0 Å². The Bertz CT molecular complexity index is 387. The average Bonchev–Trinajstić information content (AvgIpc) is 2.30. The molecule has 1 amide bonds. The molecule has 2 N–H and O–H groups in total. The van der Waals surface area contributed by atoms with Gasteiger partial charge in [0.15, 0.2) is 0 Å². The fourth-order valence-corrected chi connectivity index (χ4v) is 1.91. The van der Waals surface area contributed by atoms with Gasteiger partial charge in [0.2, 0.25) is 5.91 Å². The number of nitrogens with one attached hydrogen (secondary N) is 2. The van der Waals surface area contributed by atoms with Crippen LogP contribution in [0.25, 0.3) is 0 Å². The summed E-state index contributed by atoms with van der Waals surface area (Å²) in [5, 5.41) is 6.16. The molecule has 0 spiro atoms. The van der Waals surface area contributed by atoms with E-state index in [4.69, 9.17) is 4.74 Å². The van der Waals surface area contributed by atoms with Crippen LogP contribution in [-0.2, 0) is 9.53 Å². The van der Waals surface area contributed by atoms with Crippen molar-refractivity contribution in [1.29, 1.82) is 0 Å². The first-order chi connectivity index (χ1) is 8.24. The van der Waals surface area contributed by atoms with E-state index in [1.807, 2.05) is 31.2 Å². The standard InChI is InChI=1S/C13H18N2O2/c1-10-3-2-4-11(7-10)15-13(16)8-12-9-17-6-5-14-12/h2-4,7,12,14H,5-6,8-9H2,1H3,(H,15,16). The summed E-state index contributed by atoms with van der Waals surface area (Å²) in [6.07, 6.45) is 0.452. The van der Waals surface area contributed by atoms with Gasteiger partial charge in [-0.25, -0.2) is 0 Å². The summed E-state index contributed by atoms with van der Waals surface area (Å²) in [5.74, 6) is 0.0265. The van der Waals surface area contributed by atoms with E-state index in [-0.39, 0.29) is 11.9 Å². The predicted molar refractivity (Wildman–Crippen MR) is 67.0 cm³/mol. The number of amides is 1. The van der Waals surface area contributed by atoms with E-state index in [0.29, 0.717) is 13.0 Å². The van der Waals surface area contributed by atoms with Crippen LogP contribution in [0.2, 0.25) is 0 Å². The zero-order valence-electron chi connectivity index (χ0n) is 10.0. The molecule has 4 heteroatoms. The molecule has 0 radical (unpaired) electrons. The van der Waals surface area contributed by atoms with Crippen molar-refractivity contribution in [2.24, 2.45) is 0 Å². The predicted octanol–water partition coefficient (Wildman–Crippen LogP) is 1.31. The molecule has 1 atom stereocenters. The Morgan fingerprint density at radius 3 is 3.18 bits per heavy atom. The molecular weight excluding hydrogens is 216 g/mol. The van der Waals surface area contributed by atoms with Gasteiger partial charge >= 0.3 is 0 Å². The van der Waals surface area contributed by atoms with Crippen molar-refractivity contribution >= 4 is 11.6 Å². The molecule has 4 nitrogen and oxygen atoms in total. The summed E-state index contributed by atoms with van der Waals surface area (Å²) >= 11 is 0. The van der Waals surface area contributed by atoms with Gasteiger partial charge < -0.3 is 15.4 Å². The molecule has 0 aromatic heterocycles. The molecule has 0 aliphatic carbocycles. The van der Waals surface area contributed by atoms with Crippen LogP contribution in [0.15, 0.2) is 24.3 Å². The fourth-order valence-electron chi connectivity index (χ4n) is 1.91. The van der Waals surface area contributed by atoms with Crippen molar-refractivity contribution in [2.45, 2.75) is 19.4 Å². The largest absolute Gasteiger partial charge is 0.378 e. The average molecular weight is 234 g/mol. The topological polar surface area (TPSA) is 50.4 Å². The van der Waals surface area contributed by atoms with Crippen LogP contribution < -0.4 is 10.6 Å². The maximum absolute atomic E-state index is 11.8. The van der Waals surface area contributed by atoms with Gasteiger partial charge in [-0.15, -0.1) is 0 Å². The summed E-state index contributed by atoms with van der Waals surface area (Å²) in [6, 6.07) is 7.94. The molecule has 1 aliphatic rings. The van der Waals surface area contributed by atoms with Gasteiger partial charge in [-0.05, 0) is 24.6 Å². The first kappa shape index (κ1) is 12.1. The van der Waals surface area contributed by atoms with Crippen LogP contribution >= 0.6 is 0 Å². The number of aryl methyl sites for hydroxylation is 1. The van der Waals surface area contributed by atoms with E-state index >= 15 is 0 Å². The number of rotatable bonds is 3. The summed E-state index contributed by atoms with van der Waals surface area (Å²) < 4.78 is 5.31. The first-order valence-electron chi connectivity index (χ1n) is 5.92. The Kier molecular flexibility index (Phi) is 4.12. The minimum Gasteiger partial charge on any atom is -0.378 e. The Morgan fingerprint density at radius 2 is 2.47 bits per heavy atom. The third-order valence-corrected chi connectivity index (χ3v) is 2.73. The third-order valence-electron chi connectivity index (χ3n) is 2.73. The molecule has 17 heavy (non-hydrogen) atoms. The molecular formula is C13H18N2O2. The Labute approximate surface area is 101 Å². The second-order valence-electron chi connectivity index (χ2n) is 4.35. The number of hydrogen-bond acceptors (Lipinski definition) is 3. The smallest absolute Gasteiger partial charge is 0.226 e. The van der Waals surface area contributed by atoms with E-state index < -0.39 is 0 Å². The van der Waals surface area contributed by atoms with E-state index in [2.05, 4.69) is 10.6 Å². The monoisotopic (exact) mass is 234 g/mol. The molecule has 1 aliphatic heterocycles. The summed E-state index contributed by atoms with van der Waals surface area (Å²) in [6.45, 7) is 4.17. The molecule has 1 saturated heterocycles. The van der Waals surface area contributed by atoms with Gasteiger partial charge in [0.05, 0.1) is 13.2 Å². The lowest BCUT2D eigenvalue weighted by Crippen LogP contribution is -2.43. The molecule has 1 unspecified atom stereocenters. The van der Waals surface area contributed by atoms with E-state index in [0.717, 1.165) is 24.4 Å². The lowest BCUT2D eigenvalue weighted by atomic mass is 10.1. The lowest BCUT2D eigenvalue weighted by Gasteiger charge is -2.23. The maximum atomic E-state index is 11.8. The molecule has 92 valence electrons. The highest BCUT2D eigenvalue weighted by Crippen LogP contribution is 2.10. The molecule has 1 aromatic carbocycles. The van der Waals surface area contributed by atoms with Gasteiger partial charge in [-0.3, -0.25) is 4.79 Å². The van der Waals surface area contributed by atoms with Gasteiger partial charge in [-0.1, -0.05) is 12.1 Å². The van der Waals surface area contributed by atoms with Gasteiger partial charge in [0, 0.05) is 24.7 Å². The minimum atomic E-state index is 0.0265. The number of carbonyl (C=O) groups excluding carboxylic acids is 1. The summed E-state index contributed by atoms with van der Waals surface area (Å²) in [7, 11) is 0. The highest BCUT2D eigenvalue weighted by molar-refractivity contribution is 5.91. The maximum Gasteiger partial charge on any atom is 0.226 e. The van der Waals surface area contributed by atoms with Gasteiger partial charge in [0.1, 0.15) is 0 Å². The minimum absolute atomic E-state index is 0.0265. The summed E-state index contributed by atoms with van der Waals surface area (Å²) in [4.78, 5) is 11.8. The van der Waals surface area contributed by atoms with Crippen molar-refractivity contribution in [3.63, 3.8) is 0 Å². The first-order valence-corrected chi connectivity index (χ1v) is 5.92. The SMILES string of the molecule is Cc1cccc(NC(=O)CC2COCCN2)c1. The quantitative estimate of drug-likeness (QED) is 0.829. The second kappa shape index (κ2) is 5.80. The van der Waals surface area contributed by atoms with Crippen molar-refractivity contribution in [1.82, 2.24) is 5.32 Å². The second-order valence-corrected chi connectivity index (χ2v) is 4.35. The number of benzene rings is 1. The Balaban J connectivity index is 1.84. The van der Waals surface area contributed by atoms with Gasteiger partial charge in [-0.2, -0.15) is 0 Å². The highest BCUT2D eigenvalue weighted by atomic mass is 16.5. The van der Waals surface area contributed by atoms with Crippen LogP contribution in [0.5, 0.6) is 0 Å². The van der Waals surface area contributed by atoms with E-state index in [9.17, 15) is 4.79 Å². The van der Waals surface area contributed by atoms with E-state index in [1.165, 1.54) is 0 Å². The van der Waals surface area contributed by atoms with Crippen LogP contribution in [0, 0.1) is 6.92 Å². The van der Waals surface area contributed by atoms with Crippen LogP contribution in [0.4, 0.5) is 5.69 Å². The Morgan fingerprint density at radius 1 is 1.59 bits per heavy atom. The van der Waals surface area contributed by atoms with Crippen molar-refractivity contribution < 1.29 is 9.53 Å². The Hall–Kier alpha value is -1.39. The number of hydrogen-bond donors (Lipinski definition) is 2. The van der Waals surface area contributed by atoms with Crippen molar-refractivity contribution in [3.8, 4) is 0 Å². The summed E-state index contributed by atoms with van der Waals surface area (Å²) in [5.41, 5.74) is 1.99. The molecule has 1 fully saturated rings. The van der Waals surface area contributed by atoms with Crippen molar-refractivity contribution in [2.75, 3.05) is 25.1 Å². The van der Waals surface area contributed by atoms with Crippen LogP contribution in [-0.4, -0.2) is 31.7 Å². The normalized spacial score (nSPS) is 19.9. The molecule has 1 aromatic rings. The van der Waals surface area contributed by atoms with Crippen molar-refractivity contribution in [3.05, 3.63) is 29.8 Å². The lowest BCUT2D eigenvalue weighted by molar-refractivity contribution is -0.117. The van der Waals surface area contributed by atoms with E-state index in [1.54, 1.807) is 0 Å². The molecule has 0 bridgehead atoms. The number of morpholine rings is 1. The fraction of sp³-hybridized carbons (Fsp3) is 0.462. The zero-order chi connectivity index (χ0) is 12.1. The number of ether oxygens (including phenoxy) is 1. The zero-order valence-corrected chi connectivity index (χ0v) is 10.0. The third kappa shape index (κ3) is 3.84. The molecule has 0 saturated carbocycles.